The Morgan fingerprint density at radius 1 is 1.21 bits per heavy atom. The van der Waals surface area contributed by atoms with Crippen LogP contribution in [0.25, 0.3) is 0 Å². The topological polar surface area (TPSA) is 42.0 Å². The second-order valence-corrected chi connectivity index (χ2v) is 5.81. The van der Waals surface area contributed by atoms with Gasteiger partial charge in [-0.15, -0.1) is 11.8 Å². The van der Waals surface area contributed by atoms with E-state index in [0.717, 1.165) is 15.3 Å². The maximum Gasteiger partial charge on any atom is 0.251 e. The summed E-state index contributed by atoms with van der Waals surface area (Å²) in [4.78, 5) is 16.0. The first-order valence-electron chi connectivity index (χ1n) is 5.83. The number of nitrogens with zero attached hydrogens (tertiary/aromatic N) is 1. The summed E-state index contributed by atoms with van der Waals surface area (Å²) in [6, 6.07) is 13.1. The third kappa shape index (κ3) is 4.69. The predicted molar refractivity (Wildman–Crippen MR) is 81.4 cm³/mol. The average molecular weight is 337 g/mol. The van der Waals surface area contributed by atoms with E-state index in [2.05, 4.69) is 26.2 Å². The van der Waals surface area contributed by atoms with E-state index in [1.54, 1.807) is 30.1 Å². The first-order chi connectivity index (χ1) is 9.25. The molecule has 1 amide bonds. The molecular formula is C14H13BrN2OS. The number of rotatable bonds is 5. The van der Waals surface area contributed by atoms with Crippen LogP contribution in [0.4, 0.5) is 0 Å². The van der Waals surface area contributed by atoms with Gasteiger partial charge in [0.15, 0.2) is 0 Å². The number of benzene rings is 1. The van der Waals surface area contributed by atoms with Crippen molar-refractivity contribution in [1.82, 2.24) is 10.3 Å². The highest BCUT2D eigenvalue weighted by atomic mass is 79.9. The number of hydrogen-bond acceptors (Lipinski definition) is 3. The van der Waals surface area contributed by atoms with Crippen molar-refractivity contribution in [3.63, 3.8) is 0 Å². The lowest BCUT2D eigenvalue weighted by Crippen LogP contribution is -2.25. The highest BCUT2D eigenvalue weighted by molar-refractivity contribution is 9.10. The number of amides is 1. The molecule has 0 saturated carbocycles. The summed E-state index contributed by atoms with van der Waals surface area (Å²) in [6.45, 7) is 0.621. The van der Waals surface area contributed by atoms with Crippen LogP contribution in [0.2, 0.25) is 0 Å². The molecule has 2 rings (SSSR count). The third-order valence-corrected chi connectivity index (χ3v) is 3.86. The fourth-order valence-corrected chi connectivity index (χ4v) is 2.44. The summed E-state index contributed by atoms with van der Waals surface area (Å²) < 4.78 is 0.967. The Morgan fingerprint density at radius 2 is 2.00 bits per heavy atom. The highest BCUT2D eigenvalue weighted by Gasteiger charge is 2.04. The predicted octanol–water partition coefficient (Wildman–Crippen LogP) is 3.37. The van der Waals surface area contributed by atoms with Crippen LogP contribution in [0.15, 0.2) is 58.2 Å². The molecule has 98 valence electrons. The molecule has 3 nitrogen and oxygen atoms in total. The first kappa shape index (κ1) is 14.1. The summed E-state index contributed by atoms with van der Waals surface area (Å²) in [6.07, 6.45) is 1.77. The molecular weight excluding hydrogens is 324 g/mol. The summed E-state index contributed by atoms with van der Waals surface area (Å²) >= 11 is 4.97. The van der Waals surface area contributed by atoms with Gasteiger partial charge in [0.1, 0.15) is 0 Å². The Bertz CT molecular complexity index is 531. The van der Waals surface area contributed by atoms with Gasteiger partial charge >= 0.3 is 0 Å². The highest BCUT2D eigenvalue weighted by Crippen LogP contribution is 2.13. The van der Waals surface area contributed by atoms with Crippen molar-refractivity contribution in [2.24, 2.45) is 0 Å². The summed E-state index contributed by atoms with van der Waals surface area (Å²) in [5.41, 5.74) is 0.672. The molecule has 19 heavy (non-hydrogen) atoms. The maximum atomic E-state index is 11.8. The molecule has 0 spiro atoms. The van der Waals surface area contributed by atoms with Gasteiger partial charge in [0.2, 0.25) is 0 Å². The van der Waals surface area contributed by atoms with Crippen LogP contribution < -0.4 is 5.32 Å². The van der Waals surface area contributed by atoms with Crippen molar-refractivity contribution >= 4 is 33.6 Å². The minimum atomic E-state index is -0.0471. The Kier molecular flexibility index (Phi) is 5.42. The fourth-order valence-electron chi connectivity index (χ4n) is 1.46. The van der Waals surface area contributed by atoms with Crippen LogP contribution >= 0.6 is 27.7 Å². The molecule has 1 N–H and O–H groups in total. The molecule has 0 bridgehead atoms. The third-order valence-electron chi connectivity index (χ3n) is 2.38. The first-order valence-corrected chi connectivity index (χ1v) is 7.61. The summed E-state index contributed by atoms with van der Waals surface area (Å²) in [5, 5.41) is 3.86. The van der Waals surface area contributed by atoms with Gasteiger partial charge in [-0.3, -0.25) is 4.79 Å². The van der Waals surface area contributed by atoms with E-state index >= 15 is 0 Å². The molecule has 0 aliphatic carbocycles. The van der Waals surface area contributed by atoms with E-state index < -0.39 is 0 Å². The Labute approximate surface area is 125 Å². The van der Waals surface area contributed by atoms with Crippen LogP contribution in [-0.2, 0) is 0 Å². The van der Waals surface area contributed by atoms with Crippen LogP contribution in [0.3, 0.4) is 0 Å². The smallest absolute Gasteiger partial charge is 0.251 e. The van der Waals surface area contributed by atoms with E-state index in [1.807, 2.05) is 30.3 Å². The molecule has 5 heteroatoms. The molecule has 0 fully saturated rings. The van der Waals surface area contributed by atoms with Crippen molar-refractivity contribution in [3.8, 4) is 0 Å². The van der Waals surface area contributed by atoms with Crippen LogP contribution in [-0.4, -0.2) is 23.2 Å². The van der Waals surface area contributed by atoms with Gasteiger partial charge in [-0.2, -0.15) is 0 Å². The molecule has 0 aliphatic heterocycles. The molecule has 0 atom stereocenters. The zero-order valence-corrected chi connectivity index (χ0v) is 12.6. The normalized spacial score (nSPS) is 10.2. The quantitative estimate of drug-likeness (QED) is 0.672. The van der Waals surface area contributed by atoms with E-state index in [-0.39, 0.29) is 5.91 Å². The minimum Gasteiger partial charge on any atom is -0.351 e. The molecule has 1 aromatic heterocycles. The Morgan fingerprint density at radius 3 is 2.68 bits per heavy atom. The van der Waals surface area contributed by atoms with Gasteiger partial charge in [-0.25, -0.2) is 4.98 Å². The van der Waals surface area contributed by atoms with Crippen LogP contribution in [0, 0.1) is 0 Å². The number of halogens is 1. The molecule has 2 aromatic rings. The van der Waals surface area contributed by atoms with E-state index in [0.29, 0.717) is 12.1 Å². The molecule has 0 aliphatic rings. The standard InChI is InChI=1S/C14H13BrN2OS/c15-12-6-4-11(5-7-12)14(18)17-9-10-19-13-3-1-2-8-16-13/h1-8H,9-10H2,(H,17,18). The molecule has 1 aromatic carbocycles. The number of hydrogen-bond donors (Lipinski definition) is 1. The van der Waals surface area contributed by atoms with E-state index in [4.69, 9.17) is 0 Å². The molecule has 0 unspecified atom stereocenters. The second-order valence-electron chi connectivity index (χ2n) is 3.78. The average Bonchev–Trinajstić information content (AvgIpc) is 2.45. The van der Waals surface area contributed by atoms with Gasteiger partial charge in [0, 0.05) is 28.5 Å². The molecule has 0 radical (unpaired) electrons. The Hall–Kier alpha value is -1.33. The van der Waals surface area contributed by atoms with Gasteiger partial charge in [0.05, 0.1) is 5.03 Å². The lowest BCUT2D eigenvalue weighted by molar-refractivity contribution is 0.0956. The number of aromatic nitrogens is 1. The summed E-state index contributed by atoms with van der Waals surface area (Å²) in [7, 11) is 0. The van der Waals surface area contributed by atoms with Crippen molar-refractivity contribution in [2.75, 3.05) is 12.3 Å². The minimum absolute atomic E-state index is 0.0471. The van der Waals surface area contributed by atoms with Crippen LogP contribution in [0.5, 0.6) is 0 Å². The second kappa shape index (κ2) is 7.31. The number of pyridine rings is 1. The molecule has 0 saturated heterocycles. The zero-order valence-electron chi connectivity index (χ0n) is 10.2. The monoisotopic (exact) mass is 336 g/mol. The van der Waals surface area contributed by atoms with Crippen molar-refractivity contribution in [1.29, 1.82) is 0 Å². The number of carbonyl (C=O) groups excluding carboxylic acids is 1. The van der Waals surface area contributed by atoms with Crippen LogP contribution in [0.1, 0.15) is 10.4 Å². The zero-order chi connectivity index (χ0) is 13.5. The molecule has 1 heterocycles. The van der Waals surface area contributed by atoms with Gasteiger partial charge in [-0.1, -0.05) is 22.0 Å². The van der Waals surface area contributed by atoms with E-state index in [9.17, 15) is 4.79 Å². The maximum absolute atomic E-state index is 11.8. The van der Waals surface area contributed by atoms with E-state index in [1.165, 1.54) is 0 Å². The lowest BCUT2D eigenvalue weighted by Gasteiger charge is -2.05. The SMILES string of the molecule is O=C(NCCSc1ccccn1)c1ccc(Br)cc1. The lowest BCUT2D eigenvalue weighted by atomic mass is 10.2. The van der Waals surface area contributed by atoms with Crippen molar-refractivity contribution in [2.45, 2.75) is 5.03 Å². The fraction of sp³-hybridized carbons (Fsp3) is 0.143. The largest absolute Gasteiger partial charge is 0.351 e. The number of carbonyl (C=O) groups is 1. The number of thioether (sulfide) groups is 1. The van der Waals surface area contributed by atoms with Crippen molar-refractivity contribution < 1.29 is 4.79 Å². The Balaban J connectivity index is 1.74. The number of nitrogens with one attached hydrogen (secondary N) is 1. The van der Waals surface area contributed by atoms with Gasteiger partial charge in [-0.05, 0) is 36.4 Å². The summed E-state index contributed by atoms with van der Waals surface area (Å²) in [5.74, 6) is 0.758. The van der Waals surface area contributed by atoms with Gasteiger partial charge < -0.3 is 5.32 Å². The van der Waals surface area contributed by atoms with Gasteiger partial charge in [0.25, 0.3) is 5.91 Å². The van der Waals surface area contributed by atoms with Crippen molar-refractivity contribution in [3.05, 3.63) is 58.7 Å².